The Morgan fingerprint density at radius 2 is 1.78 bits per heavy atom. The number of hydrogen-bond donors (Lipinski definition) is 8. The highest BCUT2D eigenvalue weighted by molar-refractivity contribution is 5.88. The van der Waals surface area contributed by atoms with Gasteiger partial charge >= 0.3 is 0 Å². The van der Waals surface area contributed by atoms with Gasteiger partial charge in [-0.2, -0.15) is 0 Å². The molecular formula is C12H24N2O9. The number of Topliss-reactive ketones (excluding diaryl/α,β-unsaturated/α-hetero) is 1. The summed E-state index contributed by atoms with van der Waals surface area (Å²) in [4.78, 5) is 12.0. The smallest absolute Gasteiger partial charge is 0.183 e. The number of carbonyl (C=O) groups is 1. The molecule has 0 spiro atoms. The third-order valence-corrected chi connectivity index (χ3v) is 3.59. The zero-order valence-corrected chi connectivity index (χ0v) is 12.3. The van der Waals surface area contributed by atoms with Crippen molar-refractivity contribution in [3.05, 3.63) is 0 Å². The van der Waals surface area contributed by atoms with Gasteiger partial charge < -0.3 is 51.6 Å². The fourth-order valence-electron chi connectivity index (χ4n) is 2.11. The Morgan fingerprint density at radius 3 is 2.26 bits per heavy atom. The molecule has 1 rings (SSSR count). The zero-order valence-electron chi connectivity index (χ0n) is 12.3. The zero-order chi connectivity index (χ0) is 17.7. The minimum absolute atomic E-state index is 0.651. The van der Waals surface area contributed by atoms with Gasteiger partial charge in [0.05, 0.1) is 31.9 Å². The van der Waals surface area contributed by atoms with E-state index in [0.717, 1.165) is 0 Å². The largest absolute Gasteiger partial charge is 0.394 e. The van der Waals surface area contributed by atoms with Crippen molar-refractivity contribution in [3.63, 3.8) is 0 Å². The van der Waals surface area contributed by atoms with E-state index in [1.54, 1.807) is 0 Å². The van der Waals surface area contributed by atoms with E-state index in [4.69, 9.17) is 36.3 Å². The monoisotopic (exact) mass is 340 g/mol. The van der Waals surface area contributed by atoms with Gasteiger partial charge in [-0.15, -0.1) is 0 Å². The van der Waals surface area contributed by atoms with Crippen LogP contribution in [0.15, 0.2) is 0 Å². The van der Waals surface area contributed by atoms with Gasteiger partial charge in [0.1, 0.15) is 30.5 Å². The van der Waals surface area contributed by atoms with E-state index >= 15 is 0 Å². The molecule has 0 aromatic rings. The van der Waals surface area contributed by atoms with Crippen molar-refractivity contribution in [2.75, 3.05) is 19.8 Å². The molecule has 0 bridgehead atoms. The quantitative estimate of drug-likeness (QED) is 0.209. The third-order valence-electron chi connectivity index (χ3n) is 3.59. The lowest BCUT2D eigenvalue weighted by atomic mass is 9.97. The Balaban J connectivity index is 2.91. The maximum atomic E-state index is 12.0. The molecule has 1 fully saturated rings. The number of ether oxygens (including phenoxy) is 2. The van der Waals surface area contributed by atoms with Crippen LogP contribution in [0.1, 0.15) is 0 Å². The predicted octanol–water partition coefficient (Wildman–Crippen LogP) is -5.62. The Labute approximate surface area is 132 Å². The first kappa shape index (κ1) is 20.3. The highest BCUT2D eigenvalue weighted by atomic mass is 16.7. The van der Waals surface area contributed by atoms with Crippen LogP contribution in [0.5, 0.6) is 0 Å². The summed E-state index contributed by atoms with van der Waals surface area (Å²) in [5, 5.41) is 56.2. The molecule has 1 saturated heterocycles. The van der Waals surface area contributed by atoms with Crippen molar-refractivity contribution >= 4 is 5.78 Å². The molecular weight excluding hydrogens is 316 g/mol. The van der Waals surface area contributed by atoms with Crippen LogP contribution in [0.2, 0.25) is 0 Å². The number of aliphatic hydroxyl groups excluding tert-OH is 6. The second-order valence-corrected chi connectivity index (χ2v) is 5.28. The molecule has 0 aromatic heterocycles. The van der Waals surface area contributed by atoms with Crippen molar-refractivity contribution in [2.24, 2.45) is 11.5 Å². The molecule has 0 amide bonds. The van der Waals surface area contributed by atoms with E-state index in [9.17, 15) is 20.1 Å². The molecule has 0 unspecified atom stereocenters. The van der Waals surface area contributed by atoms with Crippen molar-refractivity contribution in [3.8, 4) is 0 Å². The lowest BCUT2D eigenvalue weighted by Gasteiger charge is -2.41. The maximum absolute atomic E-state index is 12.0. The fraction of sp³-hybridized carbons (Fsp3) is 0.917. The van der Waals surface area contributed by atoms with Crippen LogP contribution in [0, 0.1) is 0 Å². The van der Waals surface area contributed by atoms with Gasteiger partial charge in [-0.3, -0.25) is 4.79 Å². The van der Waals surface area contributed by atoms with Crippen LogP contribution >= 0.6 is 0 Å². The average Bonchev–Trinajstić information content (AvgIpc) is 2.57. The van der Waals surface area contributed by atoms with E-state index in [-0.39, 0.29) is 0 Å². The average molecular weight is 340 g/mol. The minimum atomic E-state index is -1.68. The van der Waals surface area contributed by atoms with Gasteiger partial charge in [0.25, 0.3) is 0 Å². The second kappa shape index (κ2) is 8.94. The standard InChI is InChI=1S/C12H24N2O9/c13-4(1-15)8(19)11(5(18)2-16)23-12-7(14)10(21)9(20)6(3-17)22-12/h4-7,9-12,15-18,20-21H,1-3,13-14H2/t4-,5+,6+,7+,9-,10+,11+,12-/m0/s1. The SMILES string of the molecule is N[C@H]1[C@H](O[C@@H](C(=O)[C@@H](N)CO)[C@H](O)CO)O[C@H](CO)[C@H](O)[C@@H]1O. The Bertz CT molecular complexity index is 384. The van der Waals surface area contributed by atoms with Crippen LogP contribution < -0.4 is 11.5 Å². The van der Waals surface area contributed by atoms with Gasteiger partial charge in [-0.1, -0.05) is 0 Å². The Kier molecular flexibility index (Phi) is 7.89. The highest BCUT2D eigenvalue weighted by Crippen LogP contribution is 2.22. The topological polar surface area (TPSA) is 209 Å². The summed E-state index contributed by atoms with van der Waals surface area (Å²) in [6.07, 6.45) is -9.02. The van der Waals surface area contributed by atoms with Gasteiger partial charge in [-0.05, 0) is 0 Å². The summed E-state index contributed by atoms with van der Waals surface area (Å²) in [5.74, 6) is -0.911. The summed E-state index contributed by atoms with van der Waals surface area (Å²) in [6, 6.07) is -2.66. The van der Waals surface area contributed by atoms with Crippen molar-refractivity contribution in [2.45, 2.75) is 48.9 Å². The van der Waals surface area contributed by atoms with E-state index in [1.807, 2.05) is 0 Å². The molecule has 0 radical (unpaired) electrons. The van der Waals surface area contributed by atoms with E-state index < -0.39 is 74.5 Å². The molecule has 0 saturated carbocycles. The lowest BCUT2D eigenvalue weighted by Crippen LogP contribution is -2.64. The first-order valence-electron chi connectivity index (χ1n) is 7.01. The summed E-state index contributed by atoms with van der Waals surface area (Å²) in [7, 11) is 0. The molecule has 0 aromatic carbocycles. The molecule has 1 aliphatic rings. The Morgan fingerprint density at radius 1 is 1.17 bits per heavy atom. The van der Waals surface area contributed by atoms with Crippen LogP contribution in [0.4, 0.5) is 0 Å². The molecule has 1 heterocycles. The summed E-state index contributed by atoms with van der Waals surface area (Å²) < 4.78 is 10.4. The van der Waals surface area contributed by atoms with Crippen molar-refractivity contribution in [1.29, 1.82) is 0 Å². The van der Waals surface area contributed by atoms with Crippen LogP contribution in [-0.2, 0) is 14.3 Å². The number of ketones is 1. The van der Waals surface area contributed by atoms with E-state index in [0.29, 0.717) is 0 Å². The summed E-state index contributed by atoms with van der Waals surface area (Å²) in [6.45, 7) is -2.21. The number of aliphatic hydroxyl groups is 6. The number of hydrogen-bond acceptors (Lipinski definition) is 11. The van der Waals surface area contributed by atoms with Gasteiger partial charge in [-0.25, -0.2) is 0 Å². The summed E-state index contributed by atoms with van der Waals surface area (Å²) in [5.41, 5.74) is 11.0. The molecule has 8 atom stereocenters. The normalized spacial score (nSPS) is 35.6. The Hall–Kier alpha value is -0.730. The predicted molar refractivity (Wildman–Crippen MR) is 73.8 cm³/mol. The van der Waals surface area contributed by atoms with Gasteiger partial charge in [0.2, 0.25) is 0 Å². The summed E-state index contributed by atoms with van der Waals surface area (Å²) >= 11 is 0. The van der Waals surface area contributed by atoms with Gasteiger partial charge in [0.15, 0.2) is 12.1 Å². The van der Waals surface area contributed by atoms with E-state index in [2.05, 4.69) is 0 Å². The molecule has 11 heteroatoms. The van der Waals surface area contributed by atoms with Crippen LogP contribution in [0.25, 0.3) is 0 Å². The first-order chi connectivity index (χ1) is 10.8. The minimum Gasteiger partial charge on any atom is -0.394 e. The molecule has 136 valence electrons. The molecule has 1 aliphatic heterocycles. The molecule has 10 N–H and O–H groups in total. The first-order valence-corrected chi connectivity index (χ1v) is 7.01. The molecule has 0 aliphatic carbocycles. The van der Waals surface area contributed by atoms with Crippen molar-refractivity contribution in [1.82, 2.24) is 0 Å². The maximum Gasteiger partial charge on any atom is 0.183 e. The van der Waals surface area contributed by atoms with Crippen molar-refractivity contribution < 1.29 is 44.9 Å². The molecule has 11 nitrogen and oxygen atoms in total. The third kappa shape index (κ3) is 4.64. The van der Waals surface area contributed by atoms with E-state index in [1.165, 1.54) is 0 Å². The highest BCUT2D eigenvalue weighted by Gasteiger charge is 2.45. The number of carbonyl (C=O) groups excluding carboxylic acids is 1. The van der Waals surface area contributed by atoms with Crippen LogP contribution in [-0.4, -0.2) is 105 Å². The lowest BCUT2D eigenvalue weighted by molar-refractivity contribution is -0.282. The van der Waals surface area contributed by atoms with Gasteiger partial charge in [0, 0.05) is 0 Å². The number of nitrogens with two attached hydrogens (primary N) is 2. The second-order valence-electron chi connectivity index (χ2n) is 5.28. The molecule has 23 heavy (non-hydrogen) atoms. The van der Waals surface area contributed by atoms with Crippen LogP contribution in [0.3, 0.4) is 0 Å². The number of rotatable bonds is 8. The fourth-order valence-corrected chi connectivity index (χ4v) is 2.11.